The fourth-order valence-electron chi connectivity index (χ4n) is 2.75. The Morgan fingerprint density at radius 1 is 1.16 bits per heavy atom. The molecular weight excluding hydrogens is 279 g/mol. The summed E-state index contributed by atoms with van der Waals surface area (Å²) in [5.74, 6) is 0. The number of alkyl halides is 1. The highest BCUT2D eigenvalue weighted by molar-refractivity contribution is 6.35. The Balaban J connectivity index is 1.93. The first-order valence-corrected chi connectivity index (χ1v) is 7.50. The Morgan fingerprint density at radius 2 is 1.95 bits per heavy atom. The molecule has 0 bridgehead atoms. The number of rotatable bonds is 3. The van der Waals surface area contributed by atoms with E-state index in [2.05, 4.69) is 6.07 Å². The lowest BCUT2D eigenvalue weighted by molar-refractivity contribution is 0.103. The maximum Gasteiger partial charge on any atom is 0.0616 e. The van der Waals surface area contributed by atoms with Gasteiger partial charge in [0.05, 0.1) is 11.5 Å². The van der Waals surface area contributed by atoms with Gasteiger partial charge in [-0.25, -0.2) is 0 Å². The van der Waals surface area contributed by atoms with Crippen LogP contribution in [0.3, 0.4) is 0 Å². The molecule has 2 aromatic carbocycles. The molecule has 3 rings (SSSR count). The molecule has 100 valence electrons. The van der Waals surface area contributed by atoms with Gasteiger partial charge in [0.25, 0.3) is 0 Å². The minimum atomic E-state index is -0.0229. The molecule has 0 spiro atoms. The minimum absolute atomic E-state index is 0.0229. The molecule has 1 saturated heterocycles. The van der Waals surface area contributed by atoms with E-state index in [9.17, 15) is 0 Å². The van der Waals surface area contributed by atoms with Crippen molar-refractivity contribution < 1.29 is 4.74 Å². The van der Waals surface area contributed by atoms with Gasteiger partial charge in [-0.05, 0) is 36.3 Å². The molecule has 2 atom stereocenters. The number of hydrogen-bond acceptors (Lipinski definition) is 1. The summed E-state index contributed by atoms with van der Waals surface area (Å²) in [6.07, 6.45) is 3.44. The number of benzene rings is 2. The third-order valence-electron chi connectivity index (χ3n) is 3.74. The van der Waals surface area contributed by atoms with Gasteiger partial charge in [-0.15, -0.1) is 11.6 Å². The molecular formula is C16H16Cl2O. The largest absolute Gasteiger partial charge is 0.378 e. The summed E-state index contributed by atoms with van der Waals surface area (Å²) >= 11 is 12.8. The molecule has 19 heavy (non-hydrogen) atoms. The summed E-state index contributed by atoms with van der Waals surface area (Å²) < 4.78 is 5.67. The predicted octanol–water partition coefficient (Wildman–Crippen LogP) is 5.34. The van der Waals surface area contributed by atoms with Crippen LogP contribution >= 0.6 is 23.2 Å². The highest BCUT2D eigenvalue weighted by Gasteiger charge is 2.21. The highest BCUT2D eigenvalue weighted by atomic mass is 35.5. The zero-order valence-corrected chi connectivity index (χ0v) is 12.1. The van der Waals surface area contributed by atoms with Gasteiger partial charge in [0.2, 0.25) is 0 Å². The van der Waals surface area contributed by atoms with Gasteiger partial charge in [-0.3, -0.25) is 0 Å². The van der Waals surface area contributed by atoms with Crippen molar-refractivity contribution in [3.05, 3.63) is 47.0 Å². The van der Waals surface area contributed by atoms with Crippen LogP contribution in [-0.4, -0.2) is 12.7 Å². The van der Waals surface area contributed by atoms with Gasteiger partial charge < -0.3 is 4.74 Å². The first kappa shape index (κ1) is 13.2. The third-order valence-corrected chi connectivity index (χ3v) is 4.48. The lowest BCUT2D eigenvalue weighted by atomic mass is 9.98. The second-order valence-corrected chi connectivity index (χ2v) is 5.95. The SMILES string of the molecule is Clc1ccc(C(Cl)CC2CCCO2)c2ccccc12. The van der Waals surface area contributed by atoms with Crippen LogP contribution in [0.4, 0.5) is 0 Å². The van der Waals surface area contributed by atoms with Crippen LogP contribution < -0.4 is 0 Å². The third kappa shape index (κ3) is 2.74. The van der Waals surface area contributed by atoms with E-state index in [-0.39, 0.29) is 5.38 Å². The molecule has 1 aliphatic heterocycles. The van der Waals surface area contributed by atoms with Crippen LogP contribution in [0.1, 0.15) is 30.2 Å². The van der Waals surface area contributed by atoms with Crippen molar-refractivity contribution in [2.75, 3.05) is 6.61 Å². The molecule has 0 amide bonds. The van der Waals surface area contributed by atoms with Crippen molar-refractivity contribution in [2.24, 2.45) is 0 Å². The van der Waals surface area contributed by atoms with E-state index in [0.29, 0.717) is 6.10 Å². The smallest absolute Gasteiger partial charge is 0.0616 e. The molecule has 2 unspecified atom stereocenters. The fraction of sp³-hybridized carbons (Fsp3) is 0.375. The van der Waals surface area contributed by atoms with E-state index in [1.54, 1.807) is 0 Å². The lowest BCUT2D eigenvalue weighted by Crippen LogP contribution is -2.08. The monoisotopic (exact) mass is 294 g/mol. The summed E-state index contributed by atoms with van der Waals surface area (Å²) in [4.78, 5) is 0. The Morgan fingerprint density at radius 3 is 2.68 bits per heavy atom. The van der Waals surface area contributed by atoms with Gasteiger partial charge >= 0.3 is 0 Å². The van der Waals surface area contributed by atoms with Crippen molar-refractivity contribution in [3.63, 3.8) is 0 Å². The van der Waals surface area contributed by atoms with Crippen LogP contribution in [0.15, 0.2) is 36.4 Å². The molecule has 3 heteroatoms. The van der Waals surface area contributed by atoms with Crippen molar-refractivity contribution in [3.8, 4) is 0 Å². The van der Waals surface area contributed by atoms with Crippen molar-refractivity contribution in [1.29, 1.82) is 0 Å². The normalized spacial score (nSPS) is 20.8. The summed E-state index contributed by atoms with van der Waals surface area (Å²) in [5, 5.41) is 2.97. The molecule has 0 aromatic heterocycles. The Bertz CT molecular complexity index is 576. The quantitative estimate of drug-likeness (QED) is 0.694. The standard InChI is InChI=1S/C16H16Cl2O/c17-15-8-7-14(12-5-1-2-6-13(12)15)16(18)10-11-4-3-9-19-11/h1-2,5-8,11,16H,3-4,9-10H2. The highest BCUT2D eigenvalue weighted by Crippen LogP contribution is 2.36. The van der Waals surface area contributed by atoms with Gasteiger partial charge in [-0.1, -0.05) is 41.9 Å². The first-order chi connectivity index (χ1) is 9.25. The van der Waals surface area contributed by atoms with Crippen LogP contribution in [0, 0.1) is 0 Å². The topological polar surface area (TPSA) is 9.23 Å². The number of halogens is 2. The predicted molar refractivity (Wildman–Crippen MR) is 81.1 cm³/mol. The average molecular weight is 295 g/mol. The summed E-state index contributed by atoms with van der Waals surface area (Å²) in [5.41, 5.74) is 1.15. The Labute approximate surface area is 123 Å². The maximum absolute atomic E-state index is 6.59. The molecule has 0 N–H and O–H groups in total. The van der Waals surface area contributed by atoms with E-state index >= 15 is 0 Å². The van der Waals surface area contributed by atoms with E-state index in [1.807, 2.05) is 30.3 Å². The summed E-state index contributed by atoms with van der Waals surface area (Å²) in [7, 11) is 0. The first-order valence-electron chi connectivity index (χ1n) is 6.68. The van der Waals surface area contributed by atoms with E-state index in [0.717, 1.165) is 47.2 Å². The lowest BCUT2D eigenvalue weighted by Gasteiger charge is -2.17. The van der Waals surface area contributed by atoms with Crippen molar-refractivity contribution >= 4 is 34.0 Å². The molecule has 0 radical (unpaired) electrons. The number of hydrogen-bond donors (Lipinski definition) is 0. The van der Waals surface area contributed by atoms with Gasteiger partial charge in [-0.2, -0.15) is 0 Å². The molecule has 1 fully saturated rings. The summed E-state index contributed by atoms with van der Waals surface area (Å²) in [6, 6.07) is 12.1. The van der Waals surface area contributed by atoms with Crippen LogP contribution in [0.2, 0.25) is 5.02 Å². The average Bonchev–Trinajstić information content (AvgIpc) is 2.92. The minimum Gasteiger partial charge on any atom is -0.378 e. The van der Waals surface area contributed by atoms with Crippen molar-refractivity contribution in [1.82, 2.24) is 0 Å². The van der Waals surface area contributed by atoms with Crippen molar-refractivity contribution in [2.45, 2.75) is 30.7 Å². The van der Waals surface area contributed by atoms with Gasteiger partial charge in [0.15, 0.2) is 0 Å². The molecule has 1 nitrogen and oxygen atoms in total. The number of ether oxygens (including phenoxy) is 1. The molecule has 0 aliphatic carbocycles. The molecule has 1 aliphatic rings. The Kier molecular flexibility index (Phi) is 3.97. The Hall–Kier alpha value is -0.760. The van der Waals surface area contributed by atoms with Gasteiger partial charge in [0.1, 0.15) is 0 Å². The second-order valence-electron chi connectivity index (χ2n) is 5.02. The van der Waals surface area contributed by atoms with Crippen LogP contribution in [0.5, 0.6) is 0 Å². The number of fused-ring (bicyclic) bond motifs is 1. The second kappa shape index (κ2) is 5.70. The van der Waals surface area contributed by atoms with Gasteiger partial charge in [0, 0.05) is 17.0 Å². The molecule has 1 heterocycles. The van der Waals surface area contributed by atoms with E-state index < -0.39 is 0 Å². The summed E-state index contributed by atoms with van der Waals surface area (Å²) in [6.45, 7) is 0.871. The van der Waals surface area contributed by atoms with Crippen LogP contribution in [-0.2, 0) is 4.74 Å². The zero-order valence-electron chi connectivity index (χ0n) is 10.6. The van der Waals surface area contributed by atoms with E-state index in [1.165, 1.54) is 0 Å². The molecule has 2 aromatic rings. The maximum atomic E-state index is 6.59. The van der Waals surface area contributed by atoms with Crippen LogP contribution in [0.25, 0.3) is 10.8 Å². The zero-order chi connectivity index (χ0) is 13.2. The fourth-order valence-corrected chi connectivity index (χ4v) is 3.36. The molecule has 0 saturated carbocycles. The van der Waals surface area contributed by atoms with E-state index in [4.69, 9.17) is 27.9 Å².